The smallest absolute Gasteiger partial charge is 0.101 e. The number of benzene rings is 5. The van der Waals surface area contributed by atoms with E-state index in [1.165, 1.54) is 22.3 Å². The Hall–Kier alpha value is -6.55. The highest BCUT2D eigenvalue weighted by molar-refractivity contribution is 5.92. The summed E-state index contributed by atoms with van der Waals surface area (Å²) in [5, 5.41) is 29.9. The average Bonchev–Trinajstić information content (AvgIpc) is 3.16. The molecule has 5 aromatic rings. The summed E-state index contributed by atoms with van der Waals surface area (Å²) in [5.41, 5.74) is 22.7. The monoisotopic (exact) mass is 702 g/mol. The van der Waals surface area contributed by atoms with Crippen molar-refractivity contribution in [1.82, 2.24) is 0 Å². The molecule has 1 atom stereocenters. The van der Waals surface area contributed by atoms with Crippen LogP contribution >= 0.6 is 0 Å². The first-order valence-electron chi connectivity index (χ1n) is 18.5. The number of nitrogen functional groups attached to an aromatic ring is 1. The fourth-order valence-corrected chi connectivity index (χ4v) is 9.11. The van der Waals surface area contributed by atoms with Crippen LogP contribution in [-0.4, -0.2) is 0 Å². The van der Waals surface area contributed by atoms with Crippen LogP contribution in [-0.2, 0) is 10.8 Å². The molecule has 0 bridgehead atoms. The summed E-state index contributed by atoms with van der Waals surface area (Å²) in [4.78, 5) is 4.60. The zero-order valence-electron chi connectivity index (χ0n) is 31.8. The Morgan fingerprint density at radius 3 is 2.02 bits per heavy atom. The Balaban J connectivity index is 1.38. The topological polar surface area (TPSA) is 104 Å². The Kier molecular flexibility index (Phi) is 7.84. The Bertz CT molecular complexity index is 2630. The van der Waals surface area contributed by atoms with E-state index in [-0.39, 0.29) is 10.8 Å². The summed E-state index contributed by atoms with van der Waals surface area (Å²) in [6.07, 6.45) is 5.44. The van der Waals surface area contributed by atoms with Crippen LogP contribution in [0.2, 0.25) is 0 Å². The molecule has 54 heavy (non-hydrogen) atoms. The van der Waals surface area contributed by atoms with E-state index in [9.17, 15) is 15.8 Å². The molecular weight excluding hydrogens is 661 g/mol. The highest BCUT2D eigenvalue weighted by atomic mass is 15.2. The number of para-hydroxylation sites is 1. The van der Waals surface area contributed by atoms with Crippen molar-refractivity contribution in [2.24, 2.45) is 5.92 Å². The van der Waals surface area contributed by atoms with Gasteiger partial charge in [-0.15, -0.1) is 0 Å². The minimum absolute atomic E-state index is 0.311. The predicted molar refractivity (Wildman–Crippen MR) is 218 cm³/mol. The van der Waals surface area contributed by atoms with Crippen molar-refractivity contribution in [1.29, 1.82) is 15.8 Å². The van der Waals surface area contributed by atoms with Crippen LogP contribution in [0.1, 0.15) is 85.5 Å². The molecule has 0 radical (unpaired) electrons. The predicted octanol–water partition coefficient (Wildman–Crippen LogP) is 11.6. The molecule has 264 valence electrons. The maximum absolute atomic E-state index is 10.1. The summed E-state index contributed by atoms with van der Waals surface area (Å²) in [6, 6.07) is 36.2. The molecular formula is C48H42N6. The van der Waals surface area contributed by atoms with Gasteiger partial charge in [-0.25, -0.2) is 0 Å². The number of hydrogen-bond acceptors (Lipinski definition) is 6. The van der Waals surface area contributed by atoms with Crippen LogP contribution in [0.15, 0.2) is 108 Å². The normalized spacial score (nSPS) is 17.4. The third-order valence-electron chi connectivity index (χ3n) is 11.9. The molecule has 0 spiro atoms. The maximum Gasteiger partial charge on any atom is 0.101 e. The molecule has 0 saturated carbocycles. The van der Waals surface area contributed by atoms with Crippen molar-refractivity contribution in [3.05, 3.63) is 153 Å². The summed E-state index contributed by atoms with van der Waals surface area (Å²) >= 11 is 0. The van der Waals surface area contributed by atoms with Gasteiger partial charge in [0.1, 0.15) is 18.2 Å². The quantitative estimate of drug-likeness (QED) is 0.188. The summed E-state index contributed by atoms with van der Waals surface area (Å²) < 4.78 is 0. The van der Waals surface area contributed by atoms with Gasteiger partial charge in [0.25, 0.3) is 0 Å². The van der Waals surface area contributed by atoms with Crippen LogP contribution in [0.4, 0.5) is 34.1 Å². The minimum Gasteiger partial charge on any atom is -0.398 e. The van der Waals surface area contributed by atoms with Crippen LogP contribution in [0.3, 0.4) is 0 Å². The number of hydrogen-bond donors (Lipinski definition) is 1. The van der Waals surface area contributed by atoms with E-state index in [4.69, 9.17) is 5.73 Å². The van der Waals surface area contributed by atoms with E-state index in [1.807, 2.05) is 38.1 Å². The van der Waals surface area contributed by atoms with Crippen LogP contribution in [0.5, 0.6) is 0 Å². The number of nitrogens with two attached hydrogens (primary N) is 1. The third kappa shape index (κ3) is 4.97. The molecule has 6 nitrogen and oxygen atoms in total. The molecule has 3 aliphatic rings. The zero-order chi connectivity index (χ0) is 38.3. The zero-order valence-corrected chi connectivity index (χ0v) is 31.8. The van der Waals surface area contributed by atoms with Crippen LogP contribution in [0, 0.1) is 53.8 Å². The van der Waals surface area contributed by atoms with Gasteiger partial charge in [0, 0.05) is 22.2 Å². The van der Waals surface area contributed by atoms with Crippen molar-refractivity contribution >= 4 is 34.1 Å². The largest absolute Gasteiger partial charge is 0.398 e. The SMILES string of the molecule is Cc1cc(C#N)c(C#N)cc1N1C2=C(CC(C)C=C2)C(C)(C)c2c(-c3ccc4c(c3)C(C)(C)c3ccccc3N4c3cc(C#N)c(N)cc3C)cccc21. The number of aryl methyl sites for hydroxylation is 2. The maximum atomic E-state index is 10.1. The lowest BCUT2D eigenvalue weighted by Gasteiger charge is -2.46. The molecule has 0 fully saturated rings. The van der Waals surface area contributed by atoms with E-state index >= 15 is 0 Å². The van der Waals surface area contributed by atoms with Crippen LogP contribution in [0.25, 0.3) is 11.1 Å². The van der Waals surface area contributed by atoms with Gasteiger partial charge in [0.2, 0.25) is 0 Å². The molecule has 1 unspecified atom stereocenters. The van der Waals surface area contributed by atoms with Crippen molar-refractivity contribution < 1.29 is 0 Å². The Morgan fingerprint density at radius 2 is 1.28 bits per heavy atom. The van der Waals surface area contributed by atoms with Crippen molar-refractivity contribution in [2.75, 3.05) is 15.5 Å². The first-order chi connectivity index (χ1) is 25.8. The number of anilines is 6. The molecule has 0 aromatic heterocycles. The lowest BCUT2D eigenvalue weighted by atomic mass is 9.66. The molecule has 8 rings (SSSR count). The van der Waals surface area contributed by atoms with Gasteiger partial charge in [-0.1, -0.05) is 77.1 Å². The van der Waals surface area contributed by atoms with Gasteiger partial charge in [-0.05, 0) is 125 Å². The van der Waals surface area contributed by atoms with E-state index in [0.717, 1.165) is 62.8 Å². The number of allylic oxidation sites excluding steroid dienone is 3. The third-order valence-corrected chi connectivity index (χ3v) is 11.9. The second-order valence-corrected chi connectivity index (χ2v) is 16.0. The standard InChI is InChI=1S/C48H42N6/c1-28-15-17-41-37(19-28)48(6,7)46-35(11-10-14-43(46)54(41)44-23-33(26-50)32(25-49)20-29(44)2)31-16-18-42-38(22-31)47(4,5)36-12-8-9-13-40(36)53(42)45-24-34(27-51)39(52)21-30(45)3/h8-18,20-24,28H,19,52H2,1-7H3. The first kappa shape index (κ1) is 34.5. The summed E-state index contributed by atoms with van der Waals surface area (Å²) in [6.45, 7) is 15.6. The molecule has 0 saturated heterocycles. The highest BCUT2D eigenvalue weighted by Crippen LogP contribution is 2.57. The van der Waals surface area contributed by atoms with Crippen molar-refractivity contribution in [2.45, 2.75) is 65.7 Å². The molecule has 5 aromatic carbocycles. The summed E-state index contributed by atoms with van der Waals surface area (Å²) in [5.74, 6) is 0.379. The second-order valence-electron chi connectivity index (χ2n) is 16.0. The van der Waals surface area contributed by atoms with Gasteiger partial charge < -0.3 is 15.5 Å². The fourth-order valence-electron chi connectivity index (χ4n) is 9.11. The average molecular weight is 703 g/mol. The minimum atomic E-state index is -0.332. The van der Waals surface area contributed by atoms with Gasteiger partial charge in [-0.2, -0.15) is 15.8 Å². The van der Waals surface area contributed by atoms with Crippen molar-refractivity contribution in [3.8, 4) is 29.3 Å². The molecule has 6 heteroatoms. The lowest BCUT2D eigenvalue weighted by Crippen LogP contribution is -2.36. The van der Waals surface area contributed by atoms with E-state index in [1.54, 1.807) is 0 Å². The van der Waals surface area contributed by atoms with Gasteiger partial charge >= 0.3 is 0 Å². The number of nitrogens with zero attached hydrogens (tertiary/aromatic N) is 5. The van der Waals surface area contributed by atoms with Crippen molar-refractivity contribution in [3.63, 3.8) is 0 Å². The molecule has 2 N–H and O–H groups in total. The molecule has 2 aliphatic heterocycles. The molecule has 0 amide bonds. The lowest BCUT2D eigenvalue weighted by molar-refractivity contribution is 0.533. The van der Waals surface area contributed by atoms with E-state index in [2.05, 4.69) is 135 Å². The fraction of sp³-hybridized carbons (Fsp3) is 0.229. The molecule has 1 aliphatic carbocycles. The number of rotatable bonds is 3. The number of nitriles is 3. The number of fused-ring (bicyclic) bond motifs is 3. The summed E-state index contributed by atoms with van der Waals surface area (Å²) in [7, 11) is 0. The molecule has 2 heterocycles. The Morgan fingerprint density at radius 1 is 0.648 bits per heavy atom. The van der Waals surface area contributed by atoms with Gasteiger partial charge in [0.05, 0.1) is 45.1 Å². The Labute approximate surface area is 318 Å². The van der Waals surface area contributed by atoms with E-state index < -0.39 is 0 Å². The van der Waals surface area contributed by atoms with Gasteiger partial charge in [-0.3, -0.25) is 0 Å². The van der Waals surface area contributed by atoms with E-state index in [0.29, 0.717) is 28.3 Å². The highest BCUT2D eigenvalue weighted by Gasteiger charge is 2.43. The second kappa shape index (κ2) is 12.3. The first-order valence-corrected chi connectivity index (χ1v) is 18.5. The van der Waals surface area contributed by atoms with Crippen LogP contribution < -0.4 is 15.5 Å². The van der Waals surface area contributed by atoms with Gasteiger partial charge in [0.15, 0.2) is 0 Å².